The molecule has 0 aliphatic carbocycles. The summed E-state index contributed by atoms with van der Waals surface area (Å²) in [7, 11) is -2.70. The minimum Gasteiger partial charge on any atom is -0.534 e. The van der Waals surface area contributed by atoms with Crippen molar-refractivity contribution in [2.24, 2.45) is 0 Å². The van der Waals surface area contributed by atoms with E-state index in [1.807, 2.05) is 36.4 Å². The summed E-state index contributed by atoms with van der Waals surface area (Å²) < 4.78 is 7.04. The highest BCUT2D eigenvalue weighted by atomic mass is 28.4. The van der Waals surface area contributed by atoms with Gasteiger partial charge in [-0.25, -0.2) is 4.79 Å². The Morgan fingerprint density at radius 1 is 0.946 bits per heavy atom. The highest BCUT2D eigenvalue weighted by molar-refractivity contribution is 7.00. The summed E-state index contributed by atoms with van der Waals surface area (Å²) in [6.45, 7) is 10.3. The lowest BCUT2D eigenvalue weighted by molar-refractivity contribution is -0.141. The number of aryl methyl sites for hydroxylation is 1. The standard InChI is InChI=1S/C31H37NO4Si/c1-5-13-29(33)32-28(30(34)35)19-12-14-24-20-22-25(23-21-24)36-37(31(2,3)4,26-15-8-6-9-16-26)27-17-10-7-11-18-27/h5-11,15-18,20-23,28H,1,12-14,19H2,2-4H3,(H,32,33)(H,34,35)/t28-/m0/s1. The number of nitrogens with one attached hydrogen (secondary N) is 1. The van der Waals surface area contributed by atoms with Gasteiger partial charge < -0.3 is 14.8 Å². The van der Waals surface area contributed by atoms with Gasteiger partial charge in [-0.2, -0.15) is 0 Å². The molecule has 0 heterocycles. The Hall–Kier alpha value is -3.64. The second kappa shape index (κ2) is 12.5. The van der Waals surface area contributed by atoms with Crippen molar-refractivity contribution in [2.45, 2.75) is 57.5 Å². The molecule has 1 amide bonds. The first-order valence-corrected chi connectivity index (χ1v) is 14.6. The number of rotatable bonds is 12. The number of carbonyl (C=O) groups is 2. The number of benzene rings is 3. The summed E-state index contributed by atoms with van der Waals surface area (Å²) in [5.74, 6) is -0.531. The molecule has 37 heavy (non-hydrogen) atoms. The van der Waals surface area contributed by atoms with Crippen molar-refractivity contribution in [3.8, 4) is 5.75 Å². The van der Waals surface area contributed by atoms with Crippen LogP contribution in [0.2, 0.25) is 5.04 Å². The van der Waals surface area contributed by atoms with Crippen LogP contribution in [0.25, 0.3) is 0 Å². The van der Waals surface area contributed by atoms with Crippen LogP contribution in [0, 0.1) is 0 Å². The third-order valence-electron chi connectivity index (χ3n) is 6.53. The topological polar surface area (TPSA) is 75.6 Å². The second-order valence-electron chi connectivity index (χ2n) is 10.3. The fraction of sp³-hybridized carbons (Fsp3) is 0.290. The van der Waals surface area contributed by atoms with Crippen molar-refractivity contribution in [1.82, 2.24) is 5.32 Å². The van der Waals surface area contributed by atoms with Crippen molar-refractivity contribution >= 4 is 30.6 Å². The molecule has 1 atom stereocenters. The molecule has 0 saturated heterocycles. The van der Waals surface area contributed by atoms with Crippen LogP contribution in [0.4, 0.5) is 0 Å². The van der Waals surface area contributed by atoms with Crippen molar-refractivity contribution in [3.63, 3.8) is 0 Å². The maximum Gasteiger partial charge on any atom is 0.326 e. The van der Waals surface area contributed by atoms with Crippen LogP contribution in [0.5, 0.6) is 5.75 Å². The molecule has 6 heteroatoms. The van der Waals surface area contributed by atoms with E-state index < -0.39 is 20.3 Å². The molecule has 0 aliphatic heterocycles. The third kappa shape index (κ3) is 6.98. The van der Waals surface area contributed by atoms with Crippen LogP contribution in [-0.4, -0.2) is 31.3 Å². The Morgan fingerprint density at radius 3 is 1.95 bits per heavy atom. The van der Waals surface area contributed by atoms with Gasteiger partial charge in [-0.1, -0.05) is 99.6 Å². The lowest BCUT2D eigenvalue weighted by atomic mass is 10.0. The minimum absolute atomic E-state index is 0.108. The van der Waals surface area contributed by atoms with E-state index >= 15 is 0 Å². The number of aliphatic carboxylic acids is 1. The van der Waals surface area contributed by atoms with E-state index in [-0.39, 0.29) is 17.4 Å². The van der Waals surface area contributed by atoms with Crippen LogP contribution < -0.4 is 20.1 Å². The first-order chi connectivity index (χ1) is 17.7. The van der Waals surface area contributed by atoms with E-state index in [1.54, 1.807) is 0 Å². The van der Waals surface area contributed by atoms with Crippen LogP contribution in [-0.2, 0) is 16.0 Å². The summed E-state index contributed by atoms with van der Waals surface area (Å²) in [6, 6.07) is 28.2. The molecule has 0 bridgehead atoms. The quantitative estimate of drug-likeness (QED) is 0.260. The zero-order valence-electron chi connectivity index (χ0n) is 21.9. The second-order valence-corrected chi connectivity index (χ2v) is 14.5. The van der Waals surface area contributed by atoms with Gasteiger partial charge in [0.15, 0.2) is 0 Å². The number of hydrogen-bond donors (Lipinski definition) is 2. The largest absolute Gasteiger partial charge is 0.534 e. The lowest BCUT2D eigenvalue weighted by Gasteiger charge is -2.43. The molecule has 194 valence electrons. The predicted molar refractivity (Wildman–Crippen MR) is 152 cm³/mol. The van der Waals surface area contributed by atoms with E-state index in [0.717, 1.165) is 11.3 Å². The zero-order chi connectivity index (χ0) is 26.9. The van der Waals surface area contributed by atoms with Gasteiger partial charge >= 0.3 is 14.3 Å². The fourth-order valence-corrected chi connectivity index (χ4v) is 9.12. The Kier molecular flexibility index (Phi) is 9.47. The van der Waals surface area contributed by atoms with Gasteiger partial charge in [0.25, 0.3) is 0 Å². The van der Waals surface area contributed by atoms with Gasteiger partial charge in [0.1, 0.15) is 11.8 Å². The molecule has 0 unspecified atom stereocenters. The van der Waals surface area contributed by atoms with Gasteiger partial charge in [0.2, 0.25) is 5.91 Å². The Morgan fingerprint density at radius 2 is 1.49 bits per heavy atom. The zero-order valence-corrected chi connectivity index (χ0v) is 22.9. The summed E-state index contributed by atoms with van der Waals surface area (Å²) in [4.78, 5) is 23.3. The predicted octanol–water partition coefficient (Wildman–Crippen LogP) is 5.09. The summed E-state index contributed by atoms with van der Waals surface area (Å²) >= 11 is 0. The van der Waals surface area contributed by atoms with Crippen molar-refractivity contribution in [1.29, 1.82) is 0 Å². The van der Waals surface area contributed by atoms with E-state index in [0.29, 0.717) is 19.3 Å². The smallest absolute Gasteiger partial charge is 0.326 e. The number of carboxylic acid groups (broad SMARTS) is 1. The summed E-state index contributed by atoms with van der Waals surface area (Å²) in [6.07, 6.45) is 3.28. The maximum absolute atomic E-state index is 11.8. The molecular formula is C31H37NO4Si. The van der Waals surface area contributed by atoms with Crippen LogP contribution >= 0.6 is 0 Å². The van der Waals surface area contributed by atoms with E-state index in [1.165, 1.54) is 16.4 Å². The van der Waals surface area contributed by atoms with Gasteiger partial charge in [-0.3, -0.25) is 4.79 Å². The summed E-state index contributed by atoms with van der Waals surface area (Å²) in [5, 5.41) is 14.3. The molecular weight excluding hydrogens is 478 g/mol. The maximum atomic E-state index is 11.8. The molecule has 0 aliphatic rings. The molecule has 3 aromatic carbocycles. The van der Waals surface area contributed by atoms with E-state index in [9.17, 15) is 14.7 Å². The fourth-order valence-electron chi connectivity index (χ4n) is 4.70. The van der Waals surface area contributed by atoms with Gasteiger partial charge in [0.05, 0.1) is 0 Å². The normalized spacial score (nSPS) is 12.4. The van der Waals surface area contributed by atoms with E-state index in [2.05, 4.69) is 81.2 Å². The highest BCUT2D eigenvalue weighted by Gasteiger charge is 2.52. The number of amides is 1. The molecule has 0 radical (unpaired) electrons. The van der Waals surface area contributed by atoms with Gasteiger partial charge in [0, 0.05) is 6.42 Å². The summed E-state index contributed by atoms with van der Waals surface area (Å²) in [5.41, 5.74) is 1.09. The van der Waals surface area contributed by atoms with Crippen LogP contribution in [0.15, 0.2) is 97.6 Å². The first-order valence-electron chi connectivity index (χ1n) is 12.7. The minimum atomic E-state index is -2.70. The van der Waals surface area contributed by atoms with Gasteiger partial charge in [-0.05, 0) is 52.4 Å². The molecule has 5 nitrogen and oxygen atoms in total. The molecule has 2 N–H and O–H groups in total. The number of hydrogen-bond acceptors (Lipinski definition) is 3. The Labute approximate surface area is 221 Å². The lowest BCUT2D eigenvalue weighted by Crippen LogP contribution is -2.68. The van der Waals surface area contributed by atoms with Crippen molar-refractivity contribution in [2.75, 3.05) is 0 Å². The molecule has 3 rings (SSSR count). The van der Waals surface area contributed by atoms with Crippen molar-refractivity contribution < 1.29 is 19.1 Å². The first kappa shape index (κ1) is 27.9. The SMILES string of the molecule is C=CCC(=O)N[C@@H](CCCc1ccc(O[Si](c2ccccc2)(c2ccccc2)C(C)(C)C)cc1)C(=O)O. The molecule has 0 saturated carbocycles. The monoisotopic (exact) mass is 515 g/mol. The molecule has 0 spiro atoms. The average molecular weight is 516 g/mol. The Balaban J connectivity index is 1.78. The average Bonchev–Trinajstić information content (AvgIpc) is 2.88. The van der Waals surface area contributed by atoms with E-state index in [4.69, 9.17) is 4.43 Å². The molecule has 3 aromatic rings. The third-order valence-corrected chi connectivity index (χ3v) is 11.5. The van der Waals surface area contributed by atoms with Crippen molar-refractivity contribution in [3.05, 3.63) is 103 Å². The van der Waals surface area contributed by atoms with Crippen LogP contribution in [0.1, 0.15) is 45.6 Å². The highest BCUT2D eigenvalue weighted by Crippen LogP contribution is 2.37. The Bertz CT molecular complexity index is 1130. The van der Waals surface area contributed by atoms with Gasteiger partial charge in [-0.15, -0.1) is 6.58 Å². The molecule has 0 fully saturated rings. The molecule has 0 aromatic heterocycles. The number of carboxylic acids is 1. The number of carbonyl (C=O) groups excluding carboxylic acids is 1. The van der Waals surface area contributed by atoms with Crippen LogP contribution in [0.3, 0.4) is 0 Å².